The van der Waals surface area contributed by atoms with Gasteiger partial charge in [0, 0.05) is 0 Å². The highest BCUT2D eigenvalue weighted by molar-refractivity contribution is 5.46. The van der Waals surface area contributed by atoms with Crippen LogP contribution in [0.4, 0.5) is 0 Å². The van der Waals surface area contributed by atoms with Crippen LogP contribution in [0.15, 0.2) is 16.6 Å². The van der Waals surface area contributed by atoms with Crippen molar-refractivity contribution in [1.29, 1.82) is 0 Å². The molecular weight excluding hydrogens is 200 g/mol. The number of hydrogen-bond acceptors (Lipinski definition) is 3. The molecule has 0 aromatic heterocycles. The number of isocyanates is 1. The van der Waals surface area contributed by atoms with Crippen molar-refractivity contribution in [2.75, 3.05) is 6.54 Å². The van der Waals surface area contributed by atoms with E-state index in [-0.39, 0.29) is 16.9 Å². The van der Waals surface area contributed by atoms with Crippen molar-refractivity contribution in [3.63, 3.8) is 0 Å². The number of nitrogens with zero attached hydrogens (tertiary/aromatic N) is 2. The van der Waals surface area contributed by atoms with Crippen LogP contribution in [0.3, 0.4) is 0 Å². The van der Waals surface area contributed by atoms with Crippen molar-refractivity contribution in [1.82, 2.24) is 0 Å². The Morgan fingerprint density at radius 3 is 2.62 bits per heavy atom. The molecule has 0 aromatic carbocycles. The summed E-state index contributed by atoms with van der Waals surface area (Å²) in [5, 5.41) is 0. The minimum Gasteiger partial charge on any atom is -0.240 e. The summed E-state index contributed by atoms with van der Waals surface area (Å²) in [4.78, 5) is 18.2. The van der Waals surface area contributed by atoms with Crippen LogP contribution in [-0.2, 0) is 4.79 Å². The van der Waals surface area contributed by atoms with Gasteiger partial charge in [-0.1, -0.05) is 20.8 Å². The maximum atomic E-state index is 10.2. The summed E-state index contributed by atoms with van der Waals surface area (Å²) < 4.78 is 0. The first-order valence-electron chi connectivity index (χ1n) is 5.66. The molecule has 0 spiro atoms. The third kappa shape index (κ3) is 3.44. The van der Waals surface area contributed by atoms with Crippen molar-refractivity contribution < 1.29 is 4.79 Å². The van der Waals surface area contributed by atoms with Crippen molar-refractivity contribution in [3.05, 3.63) is 6.58 Å². The Bertz CT molecular complexity index is 349. The average Bonchev–Trinajstić information content (AvgIpc) is 2.12. The second kappa shape index (κ2) is 4.78. The van der Waals surface area contributed by atoms with Crippen molar-refractivity contribution in [2.45, 2.75) is 46.1 Å². The summed E-state index contributed by atoms with van der Waals surface area (Å²) in [6.45, 7) is 10.7. The van der Waals surface area contributed by atoms with Gasteiger partial charge in [0.2, 0.25) is 6.08 Å². The Morgan fingerprint density at radius 2 is 2.06 bits per heavy atom. The van der Waals surface area contributed by atoms with Gasteiger partial charge in [-0.05, 0) is 42.5 Å². The molecule has 88 valence electrons. The van der Waals surface area contributed by atoms with E-state index in [1.54, 1.807) is 6.08 Å². The molecule has 0 heterocycles. The summed E-state index contributed by atoms with van der Waals surface area (Å²) in [6, 6.07) is 0.258. The molecular formula is C13H20N2O. The third-order valence-corrected chi connectivity index (χ3v) is 3.22. The van der Waals surface area contributed by atoms with Gasteiger partial charge in [-0.25, -0.2) is 14.8 Å². The number of hydrogen-bond donors (Lipinski definition) is 0. The van der Waals surface area contributed by atoms with Gasteiger partial charge in [0.15, 0.2) is 0 Å². The summed E-state index contributed by atoms with van der Waals surface area (Å²) >= 11 is 0. The Balaban J connectivity index is 2.85. The normalized spacial score (nSPS) is 32.3. The maximum Gasteiger partial charge on any atom is 0.234 e. The predicted molar refractivity (Wildman–Crippen MR) is 65.6 cm³/mol. The Labute approximate surface area is 97.4 Å². The molecule has 0 aliphatic heterocycles. The van der Waals surface area contributed by atoms with Crippen molar-refractivity contribution in [3.8, 4) is 0 Å². The molecule has 3 heteroatoms. The topological polar surface area (TPSA) is 41.8 Å². The highest BCUT2D eigenvalue weighted by Gasteiger charge is 2.41. The van der Waals surface area contributed by atoms with Crippen molar-refractivity contribution >= 4 is 11.9 Å². The fourth-order valence-corrected chi connectivity index (χ4v) is 3.14. The molecule has 1 saturated carbocycles. The smallest absolute Gasteiger partial charge is 0.234 e. The van der Waals surface area contributed by atoms with Gasteiger partial charge in [0.1, 0.15) is 0 Å². The zero-order valence-electron chi connectivity index (χ0n) is 10.4. The van der Waals surface area contributed by atoms with Gasteiger partial charge < -0.3 is 0 Å². The summed E-state index contributed by atoms with van der Waals surface area (Å²) in [5.41, 5.74) is 0.278. The van der Waals surface area contributed by atoms with E-state index >= 15 is 0 Å². The molecule has 1 fully saturated rings. The first-order chi connectivity index (χ1) is 7.41. The van der Waals surface area contributed by atoms with Crippen LogP contribution in [-0.4, -0.2) is 24.5 Å². The van der Waals surface area contributed by atoms with Gasteiger partial charge in [0.05, 0.1) is 12.6 Å². The van der Waals surface area contributed by atoms with Crippen LogP contribution in [0.25, 0.3) is 0 Å². The minimum atomic E-state index is 0.0458. The average molecular weight is 220 g/mol. The van der Waals surface area contributed by atoms with E-state index in [0.29, 0.717) is 6.54 Å². The van der Waals surface area contributed by atoms with E-state index in [9.17, 15) is 4.79 Å². The van der Waals surface area contributed by atoms with Gasteiger partial charge in [0.25, 0.3) is 0 Å². The number of aliphatic imine (C=N–C) groups is 2. The first-order valence-corrected chi connectivity index (χ1v) is 5.66. The van der Waals surface area contributed by atoms with Gasteiger partial charge in [-0.3, -0.25) is 0 Å². The standard InChI is InChI=1S/C13H20N2O/c1-5-15-11-6-12(2,3)8-13(4,7-11)9-14-10-16/h11H,1,6-9H2,2-4H3. The summed E-state index contributed by atoms with van der Waals surface area (Å²) in [7, 11) is 0. The quantitative estimate of drug-likeness (QED) is 0.532. The van der Waals surface area contributed by atoms with Gasteiger partial charge in [-0.15, -0.1) is 0 Å². The molecule has 0 bridgehead atoms. The molecule has 3 nitrogen and oxygen atoms in total. The Hall–Kier alpha value is -1.17. The van der Waals surface area contributed by atoms with E-state index in [1.165, 1.54) is 0 Å². The van der Waals surface area contributed by atoms with Gasteiger partial charge in [-0.2, -0.15) is 0 Å². The molecule has 1 aliphatic carbocycles. The third-order valence-electron chi connectivity index (χ3n) is 3.22. The van der Waals surface area contributed by atoms with Gasteiger partial charge >= 0.3 is 0 Å². The first kappa shape index (κ1) is 12.9. The molecule has 0 aromatic rings. The molecule has 1 rings (SSSR count). The SMILES string of the molecule is C=C=NC1CC(C)(C)CC(C)(CN=C=O)C1. The molecule has 0 N–H and O–H groups in total. The molecule has 2 atom stereocenters. The van der Waals surface area contributed by atoms with E-state index in [0.717, 1.165) is 19.3 Å². The maximum absolute atomic E-state index is 10.2. The lowest BCUT2D eigenvalue weighted by atomic mass is 9.63. The van der Waals surface area contributed by atoms with E-state index in [4.69, 9.17) is 0 Å². The van der Waals surface area contributed by atoms with Crippen LogP contribution in [0.5, 0.6) is 0 Å². The van der Waals surface area contributed by atoms with Crippen LogP contribution >= 0.6 is 0 Å². The molecule has 0 radical (unpaired) electrons. The highest BCUT2D eigenvalue weighted by atomic mass is 16.1. The number of carbonyl (C=O) groups excluding carboxylic acids is 1. The molecule has 2 unspecified atom stereocenters. The second-order valence-electron chi connectivity index (χ2n) is 5.91. The van der Waals surface area contributed by atoms with Crippen LogP contribution in [0.1, 0.15) is 40.0 Å². The lowest BCUT2D eigenvalue weighted by Gasteiger charge is -2.44. The lowest BCUT2D eigenvalue weighted by Crippen LogP contribution is -2.39. The number of rotatable bonds is 3. The summed E-state index contributed by atoms with van der Waals surface area (Å²) in [6.07, 6.45) is 4.69. The fourth-order valence-electron chi connectivity index (χ4n) is 3.14. The molecule has 0 saturated heterocycles. The van der Waals surface area contributed by atoms with Crippen LogP contribution in [0.2, 0.25) is 0 Å². The van der Waals surface area contributed by atoms with E-state index in [2.05, 4.69) is 43.2 Å². The minimum absolute atomic E-state index is 0.0458. The fraction of sp³-hybridized carbons (Fsp3) is 0.769. The lowest BCUT2D eigenvalue weighted by molar-refractivity contribution is 0.0917. The summed E-state index contributed by atoms with van der Waals surface area (Å²) in [5.74, 6) is 2.64. The zero-order chi connectivity index (χ0) is 12.2. The van der Waals surface area contributed by atoms with Crippen LogP contribution < -0.4 is 0 Å². The predicted octanol–water partition coefficient (Wildman–Crippen LogP) is 2.76. The van der Waals surface area contributed by atoms with Crippen molar-refractivity contribution in [2.24, 2.45) is 20.8 Å². The Morgan fingerprint density at radius 1 is 1.38 bits per heavy atom. The molecule has 1 aliphatic rings. The molecule has 16 heavy (non-hydrogen) atoms. The van der Waals surface area contributed by atoms with Crippen LogP contribution in [0, 0.1) is 10.8 Å². The zero-order valence-corrected chi connectivity index (χ0v) is 10.4. The highest BCUT2D eigenvalue weighted by Crippen LogP contribution is 2.47. The largest absolute Gasteiger partial charge is 0.240 e. The monoisotopic (exact) mass is 220 g/mol. The van der Waals surface area contributed by atoms with E-state index < -0.39 is 0 Å². The molecule has 0 amide bonds. The van der Waals surface area contributed by atoms with E-state index in [1.807, 2.05) is 0 Å². The Kier molecular flexibility index (Phi) is 3.85. The second-order valence-corrected chi connectivity index (χ2v) is 5.91.